The predicted molar refractivity (Wildman–Crippen MR) is 55.7 cm³/mol. The first-order chi connectivity index (χ1) is 5.24. The molecule has 0 aliphatic heterocycles. The smallest absolute Gasteiger partial charge is 0.0266 e. The highest BCUT2D eigenvalue weighted by Crippen LogP contribution is 2.10. The summed E-state index contributed by atoms with van der Waals surface area (Å²) in [5.41, 5.74) is 8.29. The summed E-state index contributed by atoms with van der Waals surface area (Å²) in [4.78, 5) is 0. The van der Waals surface area contributed by atoms with Crippen molar-refractivity contribution in [3.8, 4) is 0 Å². The average molecular weight is 186 g/mol. The van der Waals surface area contributed by atoms with Gasteiger partial charge in [0.25, 0.3) is 0 Å². The molecule has 0 amide bonds. The molecule has 0 heterocycles. The lowest BCUT2D eigenvalue weighted by Crippen LogP contribution is -2.04. The third-order valence-electron chi connectivity index (χ3n) is 1.91. The molecule has 1 rings (SSSR count). The monoisotopic (exact) mass is 185 g/mol. The van der Waals surface area contributed by atoms with Crippen LogP contribution in [0.3, 0.4) is 0 Å². The molecule has 0 radical (unpaired) electrons. The minimum Gasteiger partial charge on any atom is -0.324 e. The Morgan fingerprint density at radius 1 is 1.25 bits per heavy atom. The maximum Gasteiger partial charge on any atom is 0.0266 e. The van der Waals surface area contributed by atoms with Crippen molar-refractivity contribution >= 4 is 12.4 Å². The summed E-state index contributed by atoms with van der Waals surface area (Å²) in [7, 11) is 0. The predicted octanol–water partition coefficient (Wildman–Crippen LogP) is 2.69. The normalized spacial score (nSPS) is 11.9. The van der Waals surface area contributed by atoms with Crippen molar-refractivity contribution in [2.24, 2.45) is 5.73 Å². The molecule has 0 aliphatic rings. The van der Waals surface area contributed by atoms with E-state index < -0.39 is 0 Å². The van der Waals surface area contributed by atoms with Gasteiger partial charge in [-0.2, -0.15) is 0 Å². The molecule has 1 aromatic rings. The van der Waals surface area contributed by atoms with E-state index in [0.717, 1.165) is 6.42 Å². The number of nitrogens with two attached hydrogens (primary N) is 1. The molecule has 0 bridgehead atoms. The summed E-state index contributed by atoms with van der Waals surface area (Å²) in [6.45, 7) is 4.15. The van der Waals surface area contributed by atoms with Gasteiger partial charge in [-0.15, -0.1) is 12.4 Å². The Labute approximate surface area is 80.4 Å². The van der Waals surface area contributed by atoms with Crippen molar-refractivity contribution < 1.29 is 0 Å². The van der Waals surface area contributed by atoms with Gasteiger partial charge in [0.1, 0.15) is 0 Å². The lowest BCUT2D eigenvalue weighted by Gasteiger charge is -2.05. The second-order valence-electron chi connectivity index (χ2n) is 2.88. The molecular weight excluding hydrogens is 170 g/mol. The van der Waals surface area contributed by atoms with Gasteiger partial charge in [-0.05, 0) is 24.5 Å². The van der Waals surface area contributed by atoms with Crippen molar-refractivity contribution in [3.63, 3.8) is 0 Å². The fourth-order valence-electron chi connectivity index (χ4n) is 1.06. The largest absolute Gasteiger partial charge is 0.324 e. The van der Waals surface area contributed by atoms with Gasteiger partial charge >= 0.3 is 0 Å². The van der Waals surface area contributed by atoms with Crippen LogP contribution in [0.5, 0.6) is 0 Å². The highest BCUT2D eigenvalue weighted by molar-refractivity contribution is 5.85. The van der Waals surface area contributed by atoms with Crippen molar-refractivity contribution in [3.05, 3.63) is 35.4 Å². The van der Waals surface area contributed by atoms with Crippen LogP contribution in [0, 0.1) is 0 Å². The molecular formula is C10H16ClN. The molecule has 2 N–H and O–H groups in total. The van der Waals surface area contributed by atoms with E-state index in [1.807, 2.05) is 6.92 Å². The van der Waals surface area contributed by atoms with Crippen LogP contribution in [-0.2, 0) is 6.42 Å². The van der Waals surface area contributed by atoms with Gasteiger partial charge in [0, 0.05) is 6.04 Å². The standard InChI is InChI=1S/C10H15N.ClH/c1-3-9-4-6-10(7-5-9)8(2)11;/h4-8H,3,11H2,1-2H3;1H. The van der Waals surface area contributed by atoms with E-state index >= 15 is 0 Å². The minimum absolute atomic E-state index is 0. The van der Waals surface area contributed by atoms with Crippen LogP contribution >= 0.6 is 12.4 Å². The summed E-state index contributed by atoms with van der Waals surface area (Å²) in [6, 6.07) is 8.63. The maximum absolute atomic E-state index is 5.71. The van der Waals surface area contributed by atoms with Gasteiger partial charge in [0.15, 0.2) is 0 Å². The molecule has 1 nitrogen and oxygen atoms in total. The van der Waals surface area contributed by atoms with Crippen LogP contribution in [0.2, 0.25) is 0 Å². The Bertz CT molecular complexity index is 216. The van der Waals surface area contributed by atoms with Gasteiger partial charge in [0.05, 0.1) is 0 Å². The van der Waals surface area contributed by atoms with Gasteiger partial charge < -0.3 is 5.73 Å². The number of halogens is 1. The third-order valence-corrected chi connectivity index (χ3v) is 1.91. The van der Waals surface area contributed by atoms with Crippen LogP contribution in [0.1, 0.15) is 31.0 Å². The SMILES string of the molecule is CCc1ccc(C(C)N)cc1.Cl. The average Bonchev–Trinajstić information content (AvgIpc) is 2.05. The lowest BCUT2D eigenvalue weighted by atomic mass is 10.1. The van der Waals surface area contributed by atoms with Gasteiger partial charge in [-0.3, -0.25) is 0 Å². The molecule has 1 unspecified atom stereocenters. The topological polar surface area (TPSA) is 26.0 Å². The quantitative estimate of drug-likeness (QED) is 0.754. The number of benzene rings is 1. The number of rotatable bonds is 2. The van der Waals surface area contributed by atoms with E-state index in [9.17, 15) is 0 Å². The zero-order valence-corrected chi connectivity index (χ0v) is 8.40. The van der Waals surface area contributed by atoms with Gasteiger partial charge in [-0.1, -0.05) is 31.2 Å². The van der Waals surface area contributed by atoms with Crippen molar-refractivity contribution in [2.45, 2.75) is 26.3 Å². The first-order valence-corrected chi connectivity index (χ1v) is 4.08. The Morgan fingerprint density at radius 3 is 2.08 bits per heavy atom. The minimum atomic E-state index is 0. The van der Waals surface area contributed by atoms with Crippen molar-refractivity contribution in [1.82, 2.24) is 0 Å². The Kier molecular flexibility index (Phi) is 4.95. The van der Waals surface area contributed by atoms with E-state index in [-0.39, 0.29) is 18.4 Å². The summed E-state index contributed by atoms with van der Waals surface area (Å²) in [5.74, 6) is 0. The summed E-state index contributed by atoms with van der Waals surface area (Å²) in [5, 5.41) is 0. The van der Waals surface area contributed by atoms with E-state index in [4.69, 9.17) is 5.73 Å². The Morgan fingerprint density at radius 2 is 1.75 bits per heavy atom. The maximum atomic E-state index is 5.71. The summed E-state index contributed by atoms with van der Waals surface area (Å²) in [6.07, 6.45) is 1.10. The third kappa shape index (κ3) is 2.84. The Hall–Kier alpha value is -0.530. The highest BCUT2D eigenvalue weighted by Gasteiger charge is 1.96. The molecule has 68 valence electrons. The van der Waals surface area contributed by atoms with Crippen LogP contribution in [0.15, 0.2) is 24.3 Å². The zero-order chi connectivity index (χ0) is 8.27. The van der Waals surface area contributed by atoms with E-state index in [2.05, 4.69) is 31.2 Å². The molecule has 0 saturated carbocycles. The van der Waals surface area contributed by atoms with Crippen LogP contribution in [0.4, 0.5) is 0 Å². The van der Waals surface area contributed by atoms with Crippen molar-refractivity contribution in [2.75, 3.05) is 0 Å². The summed E-state index contributed by atoms with van der Waals surface area (Å²) < 4.78 is 0. The molecule has 2 heteroatoms. The highest BCUT2D eigenvalue weighted by atomic mass is 35.5. The molecule has 12 heavy (non-hydrogen) atoms. The second kappa shape index (κ2) is 5.18. The van der Waals surface area contributed by atoms with Gasteiger partial charge in [0.2, 0.25) is 0 Å². The van der Waals surface area contributed by atoms with Gasteiger partial charge in [-0.25, -0.2) is 0 Å². The van der Waals surface area contributed by atoms with Crippen LogP contribution in [0.25, 0.3) is 0 Å². The van der Waals surface area contributed by atoms with Crippen LogP contribution in [-0.4, -0.2) is 0 Å². The fraction of sp³-hybridized carbons (Fsp3) is 0.400. The fourth-order valence-corrected chi connectivity index (χ4v) is 1.06. The van der Waals surface area contributed by atoms with Crippen LogP contribution < -0.4 is 5.73 Å². The summed E-state index contributed by atoms with van der Waals surface area (Å²) >= 11 is 0. The number of aryl methyl sites for hydroxylation is 1. The Balaban J connectivity index is 0.00000121. The van der Waals surface area contributed by atoms with E-state index in [1.165, 1.54) is 11.1 Å². The first kappa shape index (κ1) is 11.5. The lowest BCUT2D eigenvalue weighted by molar-refractivity contribution is 0.817. The zero-order valence-electron chi connectivity index (χ0n) is 7.58. The molecule has 0 aliphatic carbocycles. The number of hydrogen-bond donors (Lipinski definition) is 1. The second-order valence-corrected chi connectivity index (χ2v) is 2.88. The molecule has 0 fully saturated rings. The first-order valence-electron chi connectivity index (χ1n) is 4.08. The molecule has 1 atom stereocenters. The van der Waals surface area contributed by atoms with E-state index in [1.54, 1.807) is 0 Å². The molecule has 1 aromatic carbocycles. The molecule has 0 saturated heterocycles. The molecule has 0 spiro atoms. The molecule has 0 aromatic heterocycles. The van der Waals surface area contributed by atoms with Crippen molar-refractivity contribution in [1.29, 1.82) is 0 Å². The van der Waals surface area contributed by atoms with E-state index in [0.29, 0.717) is 0 Å². The number of hydrogen-bond acceptors (Lipinski definition) is 1.